The second kappa shape index (κ2) is 8.84. The number of sulfonamides is 1. The number of amides is 1. The molecule has 152 valence electrons. The minimum absolute atomic E-state index is 0.0840. The van der Waals surface area contributed by atoms with Gasteiger partial charge in [-0.1, -0.05) is 36.1 Å². The van der Waals surface area contributed by atoms with Crippen LogP contribution in [0.4, 0.5) is 16.5 Å². The molecule has 0 radical (unpaired) electrons. The second-order valence-corrected chi connectivity index (χ2v) is 9.67. The molecule has 0 fully saturated rings. The Morgan fingerprint density at radius 2 is 2.11 bits per heavy atom. The third-order valence-corrected chi connectivity index (χ3v) is 6.76. The number of aromatic nitrogens is 2. The first-order valence-electron chi connectivity index (χ1n) is 8.01. The number of rotatable bonds is 8. The zero-order valence-corrected chi connectivity index (χ0v) is 18.0. The number of non-ortho nitro benzene ring substituents is 1. The van der Waals surface area contributed by atoms with Crippen LogP contribution in [0.15, 0.2) is 22.5 Å². The molecule has 0 bridgehead atoms. The number of carbonyl (C=O) groups excluding carboxylic acids is 1. The Balaban J connectivity index is 2.47. The summed E-state index contributed by atoms with van der Waals surface area (Å²) >= 11 is 2.53. The number of aryl methyl sites for hydroxylation is 1. The van der Waals surface area contributed by atoms with Crippen LogP contribution >= 0.6 is 23.1 Å². The van der Waals surface area contributed by atoms with E-state index in [-0.39, 0.29) is 22.9 Å². The van der Waals surface area contributed by atoms with Gasteiger partial charge in [0.05, 0.1) is 16.9 Å². The highest BCUT2D eigenvalue weighted by Gasteiger charge is 2.33. The van der Waals surface area contributed by atoms with Crippen molar-refractivity contribution in [3.05, 3.63) is 33.9 Å². The van der Waals surface area contributed by atoms with Gasteiger partial charge in [-0.2, -0.15) is 0 Å². The number of nitrogens with zero attached hydrogens (tertiary/aromatic N) is 4. The van der Waals surface area contributed by atoms with E-state index in [0.29, 0.717) is 9.90 Å². The maximum Gasteiger partial charge on any atom is 0.271 e. The molecule has 2 aromatic rings. The molecule has 0 spiro atoms. The van der Waals surface area contributed by atoms with E-state index >= 15 is 0 Å². The van der Waals surface area contributed by atoms with Crippen molar-refractivity contribution in [1.82, 2.24) is 10.2 Å². The fraction of sp³-hybridized carbons (Fsp3) is 0.400. The highest BCUT2D eigenvalue weighted by Crippen LogP contribution is 2.31. The lowest BCUT2D eigenvalue weighted by atomic mass is 10.1. The molecule has 1 amide bonds. The third kappa shape index (κ3) is 4.97. The molecular weight excluding hydrogens is 426 g/mol. The van der Waals surface area contributed by atoms with E-state index in [2.05, 4.69) is 15.5 Å². The first-order chi connectivity index (χ1) is 13.1. The molecule has 13 heteroatoms. The van der Waals surface area contributed by atoms with Crippen LogP contribution in [-0.4, -0.2) is 48.0 Å². The smallest absolute Gasteiger partial charge is 0.271 e. The van der Waals surface area contributed by atoms with Crippen molar-refractivity contribution >= 4 is 55.5 Å². The summed E-state index contributed by atoms with van der Waals surface area (Å²) in [6, 6.07) is 2.78. The van der Waals surface area contributed by atoms with Gasteiger partial charge in [0, 0.05) is 12.1 Å². The van der Waals surface area contributed by atoms with Crippen molar-refractivity contribution in [3.8, 4) is 0 Å². The molecule has 0 aliphatic rings. The van der Waals surface area contributed by atoms with Crippen molar-refractivity contribution in [2.45, 2.75) is 30.6 Å². The summed E-state index contributed by atoms with van der Waals surface area (Å²) in [5, 5.41) is 21.7. The molecule has 1 N–H and O–H groups in total. The van der Waals surface area contributed by atoms with Crippen molar-refractivity contribution in [2.24, 2.45) is 0 Å². The van der Waals surface area contributed by atoms with E-state index in [1.165, 1.54) is 35.2 Å². The fourth-order valence-electron chi connectivity index (χ4n) is 2.52. The van der Waals surface area contributed by atoms with Gasteiger partial charge in [-0.3, -0.25) is 24.5 Å². The van der Waals surface area contributed by atoms with Crippen molar-refractivity contribution < 1.29 is 18.1 Å². The summed E-state index contributed by atoms with van der Waals surface area (Å²) in [6.07, 6.45) is 2.92. The monoisotopic (exact) mass is 445 g/mol. The Labute approximate surface area is 170 Å². The minimum Gasteiger partial charge on any atom is -0.299 e. The molecular formula is C15H19N5O5S3. The summed E-state index contributed by atoms with van der Waals surface area (Å²) in [5.74, 6) is -0.595. The molecule has 0 saturated heterocycles. The third-order valence-electron chi connectivity index (χ3n) is 3.78. The zero-order chi connectivity index (χ0) is 21.1. The van der Waals surface area contributed by atoms with Crippen LogP contribution in [0.3, 0.4) is 0 Å². The molecule has 1 heterocycles. The molecule has 1 aromatic carbocycles. The van der Waals surface area contributed by atoms with Gasteiger partial charge in [0.25, 0.3) is 5.69 Å². The molecule has 10 nitrogen and oxygen atoms in total. The Kier molecular flexibility index (Phi) is 6.96. The Morgan fingerprint density at radius 1 is 1.43 bits per heavy atom. The van der Waals surface area contributed by atoms with E-state index in [1.807, 2.05) is 6.26 Å². The van der Waals surface area contributed by atoms with E-state index < -0.39 is 26.9 Å². The normalized spacial score (nSPS) is 12.4. The predicted molar refractivity (Wildman–Crippen MR) is 110 cm³/mol. The van der Waals surface area contributed by atoms with Crippen molar-refractivity contribution in [3.63, 3.8) is 0 Å². The maximum absolute atomic E-state index is 12.8. The van der Waals surface area contributed by atoms with Crippen LogP contribution in [0.25, 0.3) is 0 Å². The highest BCUT2D eigenvalue weighted by molar-refractivity contribution is 8.00. The number of hydrogen-bond donors (Lipinski definition) is 1. The van der Waals surface area contributed by atoms with Crippen LogP contribution < -0.4 is 9.62 Å². The van der Waals surface area contributed by atoms with E-state index in [1.54, 1.807) is 13.8 Å². The SMILES string of the molecule is CCC(C(=O)Nc1nnc(SC)s1)N(c1cc([N+](=O)[O-])ccc1C)S(C)(=O)=O. The van der Waals surface area contributed by atoms with Gasteiger partial charge in [-0.05, 0) is 25.2 Å². The number of nitrogens with one attached hydrogen (secondary N) is 1. The lowest BCUT2D eigenvalue weighted by Gasteiger charge is -2.30. The van der Waals surface area contributed by atoms with Crippen molar-refractivity contribution in [1.29, 1.82) is 0 Å². The van der Waals surface area contributed by atoms with E-state index in [4.69, 9.17) is 0 Å². The highest BCUT2D eigenvalue weighted by atomic mass is 32.2. The van der Waals surface area contributed by atoms with Crippen LogP contribution in [0.2, 0.25) is 0 Å². The maximum atomic E-state index is 12.8. The van der Waals surface area contributed by atoms with Gasteiger partial charge >= 0.3 is 0 Å². The zero-order valence-electron chi connectivity index (χ0n) is 15.6. The summed E-state index contributed by atoms with van der Waals surface area (Å²) in [6.45, 7) is 3.28. The summed E-state index contributed by atoms with van der Waals surface area (Å²) in [4.78, 5) is 23.3. The predicted octanol–water partition coefficient (Wildman–Crippen LogP) is 2.66. The van der Waals surface area contributed by atoms with Crippen LogP contribution in [0.1, 0.15) is 18.9 Å². The number of nitro groups is 1. The van der Waals surface area contributed by atoms with E-state index in [0.717, 1.165) is 16.6 Å². The average molecular weight is 446 g/mol. The van der Waals surface area contributed by atoms with Gasteiger partial charge in [-0.15, -0.1) is 10.2 Å². The largest absolute Gasteiger partial charge is 0.299 e. The van der Waals surface area contributed by atoms with Gasteiger partial charge < -0.3 is 0 Å². The number of hydrogen-bond acceptors (Lipinski definition) is 9. The number of nitro benzene ring substituents is 1. The molecule has 1 atom stereocenters. The van der Waals surface area contributed by atoms with Gasteiger partial charge in [0.15, 0.2) is 4.34 Å². The average Bonchev–Trinajstić information content (AvgIpc) is 3.06. The first kappa shape index (κ1) is 22.0. The quantitative estimate of drug-likeness (QED) is 0.283. The Morgan fingerprint density at radius 3 is 2.61 bits per heavy atom. The Bertz CT molecular complexity index is 992. The topological polar surface area (TPSA) is 135 Å². The summed E-state index contributed by atoms with van der Waals surface area (Å²) < 4.78 is 26.6. The molecule has 2 rings (SSSR count). The second-order valence-electron chi connectivity index (χ2n) is 5.78. The van der Waals surface area contributed by atoms with Crippen LogP contribution in [-0.2, 0) is 14.8 Å². The summed E-state index contributed by atoms with van der Waals surface area (Å²) in [7, 11) is -3.92. The van der Waals surface area contributed by atoms with E-state index in [9.17, 15) is 23.3 Å². The number of thioether (sulfide) groups is 1. The number of carbonyl (C=O) groups is 1. The standard InChI is InChI=1S/C15H19N5O5S3/c1-5-11(13(21)16-14-17-18-15(26-3)27-14)19(28(4,24)25)12-8-10(20(22)23)7-6-9(12)2/h6-8,11H,5H2,1-4H3,(H,16,17,21). The minimum atomic E-state index is -3.92. The van der Waals surface area contributed by atoms with Crippen molar-refractivity contribution in [2.75, 3.05) is 22.1 Å². The lowest BCUT2D eigenvalue weighted by Crippen LogP contribution is -2.47. The number of benzene rings is 1. The molecule has 0 aliphatic carbocycles. The molecule has 28 heavy (non-hydrogen) atoms. The molecule has 1 unspecified atom stereocenters. The number of anilines is 2. The molecule has 0 saturated carbocycles. The first-order valence-corrected chi connectivity index (χ1v) is 11.9. The Hall–Kier alpha value is -2.25. The van der Waals surface area contributed by atoms with Crippen LogP contribution in [0.5, 0.6) is 0 Å². The van der Waals surface area contributed by atoms with Gasteiger partial charge in [0.1, 0.15) is 6.04 Å². The summed E-state index contributed by atoms with van der Waals surface area (Å²) in [5.41, 5.74) is 0.307. The molecule has 0 aliphatic heterocycles. The van der Waals surface area contributed by atoms with Crippen LogP contribution in [0, 0.1) is 17.0 Å². The fourth-order valence-corrected chi connectivity index (χ4v) is 4.95. The molecule has 1 aromatic heterocycles. The van der Waals surface area contributed by atoms with Gasteiger partial charge in [0.2, 0.25) is 21.1 Å². The van der Waals surface area contributed by atoms with Gasteiger partial charge in [-0.25, -0.2) is 8.42 Å². The lowest BCUT2D eigenvalue weighted by molar-refractivity contribution is -0.384.